The van der Waals surface area contributed by atoms with Crippen molar-refractivity contribution in [2.24, 2.45) is 0 Å². The molecule has 0 bridgehead atoms. The number of carbonyl (C=O) groups excluding carboxylic acids is 1. The summed E-state index contributed by atoms with van der Waals surface area (Å²) in [6.07, 6.45) is 7.38. The van der Waals surface area contributed by atoms with Gasteiger partial charge < -0.3 is 19.7 Å². The number of hydrogen-bond donors (Lipinski definition) is 2. The van der Waals surface area contributed by atoms with Crippen molar-refractivity contribution in [2.75, 3.05) is 11.9 Å². The molecule has 1 aromatic heterocycles. The molecular weight excluding hydrogens is 416 g/mol. The van der Waals surface area contributed by atoms with Gasteiger partial charge >= 0.3 is 0 Å². The van der Waals surface area contributed by atoms with E-state index in [1.165, 1.54) is 12.8 Å². The normalized spacial score (nSPS) is 11.0. The van der Waals surface area contributed by atoms with Crippen LogP contribution in [0.25, 0.3) is 10.9 Å². The number of benzene rings is 2. The fourth-order valence-electron chi connectivity index (χ4n) is 3.88. The van der Waals surface area contributed by atoms with Crippen molar-refractivity contribution in [3.8, 4) is 11.5 Å². The van der Waals surface area contributed by atoms with Gasteiger partial charge in [0.15, 0.2) is 0 Å². The highest BCUT2D eigenvalue weighted by Crippen LogP contribution is 2.27. The molecule has 2 aromatic carbocycles. The zero-order valence-corrected chi connectivity index (χ0v) is 19.6. The van der Waals surface area contributed by atoms with Gasteiger partial charge in [-0.05, 0) is 49.2 Å². The predicted octanol–water partition coefficient (Wildman–Crippen LogP) is 6.11. The molecule has 0 aliphatic heterocycles. The molecule has 1 heterocycles. The van der Waals surface area contributed by atoms with Gasteiger partial charge in [0, 0.05) is 17.6 Å². The van der Waals surface area contributed by atoms with Crippen LogP contribution in [0.3, 0.4) is 0 Å². The summed E-state index contributed by atoms with van der Waals surface area (Å²) >= 11 is 0. The molecule has 0 radical (unpaired) electrons. The van der Waals surface area contributed by atoms with E-state index >= 15 is 0 Å². The number of carbonyl (C=O) groups is 1. The van der Waals surface area contributed by atoms with E-state index in [1.54, 1.807) is 47.0 Å². The van der Waals surface area contributed by atoms with E-state index in [0.717, 1.165) is 37.9 Å². The molecule has 0 saturated carbocycles. The Morgan fingerprint density at radius 3 is 2.36 bits per heavy atom. The minimum atomic E-state index is -0.624. The lowest BCUT2D eigenvalue weighted by atomic mass is 10.1. The monoisotopic (exact) mass is 450 g/mol. The van der Waals surface area contributed by atoms with Gasteiger partial charge in [0.05, 0.1) is 12.1 Å². The summed E-state index contributed by atoms with van der Waals surface area (Å²) < 4.78 is 7.33. The summed E-state index contributed by atoms with van der Waals surface area (Å²) in [5.74, 6) is -0.177. The Morgan fingerprint density at radius 2 is 1.64 bits per heavy atom. The van der Waals surface area contributed by atoms with Crippen LogP contribution in [-0.4, -0.2) is 22.2 Å². The molecule has 0 fully saturated rings. The van der Waals surface area contributed by atoms with Crippen LogP contribution in [-0.2, 0) is 6.54 Å². The average Bonchev–Trinajstić information content (AvgIpc) is 2.82. The number of aromatic hydroxyl groups is 1. The van der Waals surface area contributed by atoms with E-state index in [0.29, 0.717) is 29.7 Å². The highest BCUT2D eigenvalue weighted by molar-refractivity contribution is 6.09. The number of pyridine rings is 1. The molecule has 2 N–H and O–H groups in total. The first-order valence-corrected chi connectivity index (χ1v) is 12.0. The molecule has 176 valence electrons. The van der Waals surface area contributed by atoms with Gasteiger partial charge in [-0.15, -0.1) is 0 Å². The number of ether oxygens (including phenoxy) is 1. The van der Waals surface area contributed by atoms with Gasteiger partial charge in [0.2, 0.25) is 0 Å². The number of amides is 1. The highest BCUT2D eigenvalue weighted by atomic mass is 16.5. The van der Waals surface area contributed by atoms with E-state index in [9.17, 15) is 14.7 Å². The largest absolute Gasteiger partial charge is 0.506 e. The molecule has 3 rings (SSSR count). The first kappa shape index (κ1) is 24.4. The number of hydrogen-bond acceptors (Lipinski definition) is 4. The number of unbranched alkanes of at least 4 members (excludes halogenated alkanes) is 5. The Kier molecular flexibility index (Phi) is 8.93. The van der Waals surface area contributed by atoms with Crippen molar-refractivity contribution in [2.45, 2.75) is 65.3 Å². The van der Waals surface area contributed by atoms with Crippen molar-refractivity contribution < 1.29 is 14.6 Å². The number of aromatic nitrogens is 1. The van der Waals surface area contributed by atoms with E-state index < -0.39 is 11.5 Å². The molecule has 0 aliphatic carbocycles. The predicted molar refractivity (Wildman–Crippen MR) is 133 cm³/mol. The number of fused-ring (bicyclic) bond motifs is 1. The van der Waals surface area contributed by atoms with E-state index in [-0.39, 0.29) is 11.3 Å². The summed E-state index contributed by atoms with van der Waals surface area (Å²) in [4.78, 5) is 26.2. The fraction of sp³-hybridized carbons (Fsp3) is 0.407. The van der Waals surface area contributed by atoms with Gasteiger partial charge in [-0.25, -0.2) is 0 Å². The number of rotatable bonds is 12. The molecule has 6 heteroatoms. The maximum atomic E-state index is 13.2. The minimum Gasteiger partial charge on any atom is -0.506 e. The van der Waals surface area contributed by atoms with Crippen molar-refractivity contribution in [1.29, 1.82) is 0 Å². The third-order valence-electron chi connectivity index (χ3n) is 5.74. The first-order valence-electron chi connectivity index (χ1n) is 12.0. The van der Waals surface area contributed by atoms with Crippen LogP contribution in [0.15, 0.2) is 53.3 Å². The maximum Gasteiger partial charge on any atom is 0.267 e. The number of anilines is 1. The van der Waals surface area contributed by atoms with Gasteiger partial charge in [-0.2, -0.15) is 0 Å². The lowest BCUT2D eigenvalue weighted by molar-refractivity contribution is 0.102. The Morgan fingerprint density at radius 1 is 0.939 bits per heavy atom. The lowest BCUT2D eigenvalue weighted by Crippen LogP contribution is -2.30. The average molecular weight is 451 g/mol. The standard InChI is InChI=1S/C27H34N2O4/c1-3-5-7-11-19-33-21-16-14-20(15-17-21)28-26(31)24-25(30)22-12-8-9-13-23(22)29(27(24)32)18-10-6-4-2/h8-9,12-17,30H,3-7,10-11,18-19H2,1-2H3,(H,28,31). The summed E-state index contributed by atoms with van der Waals surface area (Å²) in [5.41, 5.74) is 0.448. The third-order valence-corrected chi connectivity index (χ3v) is 5.74. The first-order chi connectivity index (χ1) is 16.1. The van der Waals surface area contributed by atoms with E-state index in [2.05, 4.69) is 19.2 Å². The topological polar surface area (TPSA) is 80.6 Å². The van der Waals surface area contributed by atoms with Crippen LogP contribution in [0.1, 0.15) is 69.2 Å². The molecule has 0 saturated heterocycles. The minimum absolute atomic E-state index is 0.235. The van der Waals surface area contributed by atoms with Gasteiger partial charge in [-0.1, -0.05) is 58.1 Å². The molecule has 1 amide bonds. The second-order valence-electron chi connectivity index (χ2n) is 8.29. The van der Waals surface area contributed by atoms with Crippen molar-refractivity contribution in [3.63, 3.8) is 0 Å². The Hall–Kier alpha value is -3.28. The second-order valence-corrected chi connectivity index (χ2v) is 8.29. The van der Waals surface area contributed by atoms with Crippen molar-refractivity contribution in [1.82, 2.24) is 4.57 Å². The Balaban J connectivity index is 1.78. The van der Waals surface area contributed by atoms with Crippen molar-refractivity contribution in [3.05, 3.63) is 64.4 Å². The molecule has 0 aliphatic rings. The van der Waals surface area contributed by atoms with E-state index in [4.69, 9.17) is 4.74 Å². The lowest BCUT2D eigenvalue weighted by Gasteiger charge is -2.15. The second kappa shape index (κ2) is 12.1. The number of para-hydroxylation sites is 1. The van der Waals surface area contributed by atoms with Crippen LogP contribution in [0.5, 0.6) is 11.5 Å². The fourth-order valence-corrected chi connectivity index (χ4v) is 3.88. The third kappa shape index (κ3) is 6.15. The van der Waals surface area contributed by atoms with Crippen LogP contribution in [0.4, 0.5) is 5.69 Å². The quantitative estimate of drug-likeness (QED) is 0.326. The van der Waals surface area contributed by atoms with Crippen molar-refractivity contribution >= 4 is 22.5 Å². The summed E-state index contributed by atoms with van der Waals surface area (Å²) in [6, 6.07) is 14.2. The molecular formula is C27H34N2O4. The highest BCUT2D eigenvalue weighted by Gasteiger charge is 2.22. The molecule has 0 unspecified atom stereocenters. The van der Waals surface area contributed by atoms with E-state index in [1.807, 2.05) is 6.07 Å². The number of nitrogens with one attached hydrogen (secondary N) is 1. The summed E-state index contributed by atoms with van der Waals surface area (Å²) in [6.45, 7) is 5.43. The number of aryl methyl sites for hydroxylation is 1. The Labute approximate surface area is 195 Å². The smallest absolute Gasteiger partial charge is 0.267 e. The van der Waals surface area contributed by atoms with Crippen LogP contribution >= 0.6 is 0 Å². The van der Waals surface area contributed by atoms with Crippen LogP contribution in [0.2, 0.25) is 0 Å². The SMILES string of the molecule is CCCCCCOc1ccc(NC(=O)c2c(O)c3ccccc3n(CCCCC)c2=O)cc1. The molecule has 3 aromatic rings. The van der Waals surface area contributed by atoms with Gasteiger partial charge in [0.1, 0.15) is 17.1 Å². The number of nitrogens with zero attached hydrogens (tertiary/aromatic N) is 1. The zero-order valence-electron chi connectivity index (χ0n) is 19.6. The van der Waals surface area contributed by atoms with Gasteiger partial charge in [-0.3, -0.25) is 9.59 Å². The Bertz CT molecular complexity index is 1120. The van der Waals surface area contributed by atoms with Gasteiger partial charge in [0.25, 0.3) is 11.5 Å². The molecule has 0 spiro atoms. The molecule has 6 nitrogen and oxygen atoms in total. The maximum absolute atomic E-state index is 13.2. The summed E-state index contributed by atoms with van der Waals surface area (Å²) in [5, 5.41) is 14.0. The van der Waals surface area contributed by atoms with Crippen LogP contribution < -0.4 is 15.6 Å². The zero-order chi connectivity index (χ0) is 23.6. The van der Waals surface area contributed by atoms with Crippen LogP contribution in [0, 0.1) is 0 Å². The molecule has 0 atom stereocenters. The molecule has 33 heavy (non-hydrogen) atoms. The summed E-state index contributed by atoms with van der Waals surface area (Å²) in [7, 11) is 0.